The standard InChI is InChI=1S/C27H34N2O2/c1-5-14-27(4,15-6-2)26(30)29-17-16-28-25(19-29)24-13-12-23(18-21(24)3)31-20-22-10-8-7-9-11-22/h5-13,18,25,28H,1-2,14-17,19-20H2,3-4H3. The fourth-order valence-corrected chi connectivity index (χ4v) is 4.29. The first-order valence-corrected chi connectivity index (χ1v) is 11.0. The van der Waals surface area contributed by atoms with E-state index in [9.17, 15) is 4.79 Å². The molecule has 3 rings (SSSR count). The summed E-state index contributed by atoms with van der Waals surface area (Å²) in [5.41, 5.74) is 3.04. The second-order valence-corrected chi connectivity index (χ2v) is 8.60. The first-order valence-electron chi connectivity index (χ1n) is 11.0. The quantitative estimate of drug-likeness (QED) is 0.569. The fourth-order valence-electron chi connectivity index (χ4n) is 4.29. The van der Waals surface area contributed by atoms with Gasteiger partial charge in [0.15, 0.2) is 0 Å². The van der Waals surface area contributed by atoms with E-state index in [1.807, 2.05) is 48.2 Å². The highest BCUT2D eigenvalue weighted by Crippen LogP contribution is 2.32. The monoisotopic (exact) mass is 418 g/mol. The van der Waals surface area contributed by atoms with Gasteiger partial charge in [-0.25, -0.2) is 0 Å². The summed E-state index contributed by atoms with van der Waals surface area (Å²) in [6.45, 7) is 14.5. The Labute approximate surface area is 186 Å². The highest BCUT2D eigenvalue weighted by Gasteiger charge is 2.36. The van der Waals surface area contributed by atoms with Gasteiger partial charge in [-0.2, -0.15) is 0 Å². The summed E-state index contributed by atoms with van der Waals surface area (Å²) >= 11 is 0. The van der Waals surface area contributed by atoms with Crippen molar-refractivity contribution in [1.82, 2.24) is 10.2 Å². The zero-order valence-electron chi connectivity index (χ0n) is 18.8. The summed E-state index contributed by atoms with van der Waals surface area (Å²) in [4.78, 5) is 15.3. The van der Waals surface area contributed by atoms with Crippen molar-refractivity contribution in [1.29, 1.82) is 0 Å². The third kappa shape index (κ3) is 5.65. The van der Waals surface area contributed by atoms with Gasteiger partial charge in [-0.3, -0.25) is 4.79 Å². The number of nitrogens with zero attached hydrogens (tertiary/aromatic N) is 1. The molecule has 1 aliphatic heterocycles. The molecule has 2 aromatic rings. The minimum atomic E-state index is -0.477. The van der Waals surface area contributed by atoms with Crippen LogP contribution in [0.15, 0.2) is 73.8 Å². The molecule has 2 aromatic carbocycles. The van der Waals surface area contributed by atoms with Crippen LogP contribution < -0.4 is 10.1 Å². The van der Waals surface area contributed by atoms with Gasteiger partial charge in [-0.1, -0.05) is 55.5 Å². The first kappa shape index (κ1) is 22.8. The summed E-state index contributed by atoms with van der Waals surface area (Å²) in [6.07, 6.45) is 4.97. The zero-order chi connectivity index (χ0) is 22.3. The Morgan fingerprint density at radius 1 is 1.19 bits per heavy atom. The predicted molar refractivity (Wildman–Crippen MR) is 127 cm³/mol. The van der Waals surface area contributed by atoms with Crippen LogP contribution in [0, 0.1) is 12.3 Å². The molecule has 1 amide bonds. The molecular formula is C27H34N2O2. The maximum atomic E-state index is 13.3. The summed E-state index contributed by atoms with van der Waals surface area (Å²) in [7, 11) is 0. The Morgan fingerprint density at radius 2 is 1.90 bits per heavy atom. The van der Waals surface area contributed by atoms with Crippen LogP contribution in [0.3, 0.4) is 0 Å². The number of aryl methyl sites for hydroxylation is 1. The molecule has 1 saturated heterocycles. The van der Waals surface area contributed by atoms with Crippen molar-refractivity contribution in [2.24, 2.45) is 5.41 Å². The fraction of sp³-hybridized carbons (Fsp3) is 0.370. The summed E-state index contributed by atoms with van der Waals surface area (Å²) in [6, 6.07) is 16.5. The lowest BCUT2D eigenvalue weighted by Gasteiger charge is -2.39. The van der Waals surface area contributed by atoms with Crippen LogP contribution in [0.1, 0.15) is 42.5 Å². The third-order valence-electron chi connectivity index (χ3n) is 6.03. The van der Waals surface area contributed by atoms with E-state index in [2.05, 4.69) is 49.7 Å². The molecule has 0 aromatic heterocycles. The number of rotatable bonds is 9. The Bertz CT molecular complexity index is 897. The second-order valence-electron chi connectivity index (χ2n) is 8.60. The predicted octanol–water partition coefficient (Wildman–Crippen LogP) is 5.21. The molecule has 31 heavy (non-hydrogen) atoms. The average molecular weight is 419 g/mol. The third-order valence-corrected chi connectivity index (χ3v) is 6.03. The largest absolute Gasteiger partial charge is 0.489 e. The lowest BCUT2D eigenvalue weighted by atomic mass is 9.81. The maximum absolute atomic E-state index is 13.3. The molecule has 164 valence electrons. The van der Waals surface area contributed by atoms with E-state index >= 15 is 0 Å². The number of carbonyl (C=O) groups excluding carboxylic acids is 1. The van der Waals surface area contributed by atoms with E-state index in [4.69, 9.17) is 4.74 Å². The molecular weight excluding hydrogens is 384 g/mol. The Morgan fingerprint density at radius 3 is 2.55 bits per heavy atom. The second kappa shape index (κ2) is 10.5. The van der Waals surface area contributed by atoms with E-state index in [1.54, 1.807) is 0 Å². The first-order chi connectivity index (χ1) is 15.0. The van der Waals surface area contributed by atoms with E-state index in [1.165, 1.54) is 5.56 Å². The van der Waals surface area contributed by atoms with Crippen LogP contribution in [0.5, 0.6) is 5.75 Å². The van der Waals surface area contributed by atoms with Gasteiger partial charge >= 0.3 is 0 Å². The minimum Gasteiger partial charge on any atom is -0.489 e. The normalized spacial score (nSPS) is 16.6. The van der Waals surface area contributed by atoms with Crippen molar-refractivity contribution < 1.29 is 9.53 Å². The molecule has 0 radical (unpaired) electrons. The Balaban J connectivity index is 1.68. The average Bonchev–Trinajstić information content (AvgIpc) is 2.78. The molecule has 0 saturated carbocycles. The van der Waals surface area contributed by atoms with Crippen molar-refractivity contribution >= 4 is 5.91 Å². The molecule has 4 heteroatoms. The van der Waals surface area contributed by atoms with Gasteiger partial charge in [0.1, 0.15) is 12.4 Å². The van der Waals surface area contributed by atoms with Gasteiger partial charge in [-0.05, 0) is 48.6 Å². The smallest absolute Gasteiger partial charge is 0.229 e. The highest BCUT2D eigenvalue weighted by atomic mass is 16.5. The summed E-state index contributed by atoms with van der Waals surface area (Å²) < 4.78 is 5.97. The van der Waals surface area contributed by atoms with Gasteiger partial charge in [0.25, 0.3) is 0 Å². The number of carbonyl (C=O) groups is 1. The van der Waals surface area contributed by atoms with Crippen LogP contribution in [-0.2, 0) is 11.4 Å². The van der Waals surface area contributed by atoms with E-state index in [0.29, 0.717) is 26.0 Å². The van der Waals surface area contributed by atoms with Crippen molar-refractivity contribution in [3.8, 4) is 5.75 Å². The lowest BCUT2D eigenvalue weighted by Crippen LogP contribution is -2.52. The summed E-state index contributed by atoms with van der Waals surface area (Å²) in [5, 5.41) is 3.58. The van der Waals surface area contributed by atoms with Crippen LogP contribution in [0.25, 0.3) is 0 Å². The van der Waals surface area contributed by atoms with E-state index in [-0.39, 0.29) is 11.9 Å². The molecule has 1 heterocycles. The molecule has 4 nitrogen and oxygen atoms in total. The number of nitrogens with one attached hydrogen (secondary N) is 1. The number of piperazine rings is 1. The molecule has 0 aliphatic carbocycles. The lowest BCUT2D eigenvalue weighted by molar-refractivity contribution is -0.142. The van der Waals surface area contributed by atoms with E-state index in [0.717, 1.165) is 30.0 Å². The highest BCUT2D eigenvalue weighted by molar-refractivity contribution is 5.83. The van der Waals surface area contributed by atoms with Crippen LogP contribution in [-0.4, -0.2) is 30.4 Å². The topological polar surface area (TPSA) is 41.6 Å². The minimum absolute atomic E-state index is 0.109. The van der Waals surface area contributed by atoms with Crippen LogP contribution >= 0.6 is 0 Å². The Kier molecular flexibility index (Phi) is 7.69. The maximum Gasteiger partial charge on any atom is 0.229 e. The molecule has 1 N–H and O–H groups in total. The van der Waals surface area contributed by atoms with Crippen molar-refractivity contribution in [2.45, 2.75) is 39.3 Å². The van der Waals surface area contributed by atoms with Gasteiger partial charge in [0, 0.05) is 19.6 Å². The summed E-state index contributed by atoms with van der Waals surface area (Å²) in [5.74, 6) is 1.04. The van der Waals surface area contributed by atoms with Gasteiger partial charge < -0.3 is 15.0 Å². The molecule has 0 bridgehead atoms. The molecule has 0 spiro atoms. The van der Waals surface area contributed by atoms with Crippen molar-refractivity contribution in [3.05, 3.63) is 90.5 Å². The van der Waals surface area contributed by atoms with Crippen LogP contribution in [0.4, 0.5) is 0 Å². The number of hydrogen-bond donors (Lipinski definition) is 1. The number of hydrogen-bond acceptors (Lipinski definition) is 3. The number of benzene rings is 2. The number of ether oxygens (including phenoxy) is 1. The molecule has 1 atom stereocenters. The Hall–Kier alpha value is -2.85. The zero-order valence-corrected chi connectivity index (χ0v) is 18.8. The van der Waals surface area contributed by atoms with Crippen LogP contribution in [0.2, 0.25) is 0 Å². The number of amides is 1. The SMILES string of the molecule is C=CCC(C)(CC=C)C(=O)N1CCNC(c2ccc(OCc3ccccc3)cc2C)C1. The van der Waals surface area contributed by atoms with Gasteiger partial charge in [0.2, 0.25) is 5.91 Å². The van der Waals surface area contributed by atoms with Gasteiger partial charge in [-0.15, -0.1) is 13.2 Å². The molecule has 1 aliphatic rings. The molecule has 1 fully saturated rings. The van der Waals surface area contributed by atoms with E-state index < -0.39 is 5.41 Å². The van der Waals surface area contributed by atoms with Crippen molar-refractivity contribution in [2.75, 3.05) is 19.6 Å². The molecule has 1 unspecified atom stereocenters. The number of allylic oxidation sites excluding steroid dienone is 2. The van der Waals surface area contributed by atoms with Gasteiger partial charge in [0.05, 0.1) is 11.5 Å². The van der Waals surface area contributed by atoms with Crippen molar-refractivity contribution in [3.63, 3.8) is 0 Å².